The van der Waals surface area contributed by atoms with Gasteiger partial charge in [0.05, 0.1) is 7.11 Å². The summed E-state index contributed by atoms with van der Waals surface area (Å²) in [7, 11) is 1.62. The average molecular weight is 351 g/mol. The van der Waals surface area contributed by atoms with Crippen LogP contribution in [-0.2, 0) is 17.6 Å². The zero-order valence-corrected chi connectivity index (χ0v) is 13.3. The molecule has 0 aliphatic rings. The van der Waals surface area contributed by atoms with Crippen molar-refractivity contribution in [1.29, 1.82) is 0 Å². The lowest BCUT2D eigenvalue weighted by Crippen LogP contribution is -2.06. The molecule has 0 saturated carbocycles. The van der Waals surface area contributed by atoms with Crippen molar-refractivity contribution in [2.24, 2.45) is 0 Å². The lowest BCUT2D eigenvalue weighted by atomic mass is 10.0. The van der Waals surface area contributed by atoms with E-state index in [0.717, 1.165) is 15.8 Å². The molecule has 21 heavy (non-hydrogen) atoms. The second-order valence-corrected chi connectivity index (χ2v) is 5.71. The first-order valence-corrected chi connectivity index (χ1v) is 7.46. The Morgan fingerprint density at radius 2 is 1.90 bits per heavy atom. The van der Waals surface area contributed by atoms with Gasteiger partial charge in [-0.3, -0.25) is 4.79 Å². The van der Waals surface area contributed by atoms with E-state index >= 15 is 0 Å². The molecule has 0 atom stereocenters. The van der Waals surface area contributed by atoms with Crippen LogP contribution in [0.5, 0.6) is 5.75 Å². The van der Waals surface area contributed by atoms with Gasteiger partial charge in [-0.2, -0.15) is 0 Å². The molecular formula is C17H16BrFO2. The maximum Gasteiger partial charge on any atom is 0.137 e. The van der Waals surface area contributed by atoms with Gasteiger partial charge in [0.1, 0.15) is 17.3 Å². The Bertz CT molecular complexity index is 623. The van der Waals surface area contributed by atoms with Gasteiger partial charge in [-0.25, -0.2) is 4.39 Å². The topological polar surface area (TPSA) is 26.3 Å². The summed E-state index contributed by atoms with van der Waals surface area (Å²) < 4.78 is 19.5. The number of carbonyl (C=O) groups is 1. The fourth-order valence-corrected chi connectivity index (χ4v) is 2.46. The third-order valence-corrected chi connectivity index (χ3v) is 3.74. The fraction of sp³-hybridized carbons (Fsp3) is 0.235. The summed E-state index contributed by atoms with van der Waals surface area (Å²) >= 11 is 3.29. The van der Waals surface area contributed by atoms with E-state index in [9.17, 15) is 9.18 Å². The second kappa shape index (κ2) is 7.36. The number of benzene rings is 2. The lowest BCUT2D eigenvalue weighted by molar-refractivity contribution is -0.118. The summed E-state index contributed by atoms with van der Waals surface area (Å²) in [5, 5.41) is 0. The van der Waals surface area contributed by atoms with Crippen molar-refractivity contribution in [2.45, 2.75) is 19.3 Å². The van der Waals surface area contributed by atoms with E-state index in [1.165, 1.54) is 6.07 Å². The molecule has 0 saturated heterocycles. The summed E-state index contributed by atoms with van der Waals surface area (Å²) in [6, 6.07) is 12.3. The van der Waals surface area contributed by atoms with Gasteiger partial charge in [-0.05, 0) is 47.9 Å². The number of methoxy groups -OCH3 is 1. The van der Waals surface area contributed by atoms with Gasteiger partial charge in [-0.1, -0.05) is 28.1 Å². The number of rotatable bonds is 6. The number of halogens is 2. The predicted molar refractivity (Wildman–Crippen MR) is 84.1 cm³/mol. The quantitative estimate of drug-likeness (QED) is 0.774. The average Bonchev–Trinajstić information content (AvgIpc) is 2.49. The van der Waals surface area contributed by atoms with Gasteiger partial charge in [0.15, 0.2) is 0 Å². The van der Waals surface area contributed by atoms with Gasteiger partial charge in [0, 0.05) is 17.3 Å². The van der Waals surface area contributed by atoms with Crippen LogP contribution in [0.25, 0.3) is 0 Å². The molecule has 0 radical (unpaired) electrons. The minimum atomic E-state index is -0.337. The molecule has 2 nitrogen and oxygen atoms in total. The van der Waals surface area contributed by atoms with Crippen molar-refractivity contribution in [3.8, 4) is 5.75 Å². The van der Waals surface area contributed by atoms with E-state index in [1.807, 2.05) is 24.3 Å². The maximum absolute atomic E-state index is 13.6. The van der Waals surface area contributed by atoms with Crippen molar-refractivity contribution in [1.82, 2.24) is 0 Å². The Morgan fingerprint density at radius 3 is 2.57 bits per heavy atom. The Morgan fingerprint density at radius 1 is 1.19 bits per heavy atom. The molecule has 0 bridgehead atoms. The summed E-state index contributed by atoms with van der Waals surface area (Å²) in [6.07, 6.45) is 1.18. The predicted octanol–water partition coefficient (Wildman–Crippen LogP) is 4.34. The van der Waals surface area contributed by atoms with Crippen LogP contribution >= 0.6 is 15.9 Å². The van der Waals surface area contributed by atoms with Crippen molar-refractivity contribution in [3.63, 3.8) is 0 Å². The Balaban J connectivity index is 1.91. The van der Waals surface area contributed by atoms with Crippen LogP contribution in [0, 0.1) is 5.82 Å². The molecule has 2 rings (SSSR count). The standard InChI is InChI=1S/C17H16BrFO2/c1-21-16-7-3-12(4-8-16)2-6-15(20)11-13-10-14(18)5-9-17(13)19/h3-5,7-10H,2,6,11H2,1H3. The Hall–Kier alpha value is -1.68. The van der Waals surface area contributed by atoms with Crippen molar-refractivity contribution in [3.05, 3.63) is 63.9 Å². The summed E-state index contributed by atoms with van der Waals surface area (Å²) in [5.74, 6) is 0.486. The molecule has 0 heterocycles. The molecule has 0 aromatic heterocycles. The molecule has 2 aromatic rings. The van der Waals surface area contributed by atoms with Crippen molar-refractivity contribution in [2.75, 3.05) is 7.11 Å². The molecule has 0 fully saturated rings. The molecule has 110 valence electrons. The molecule has 0 unspecified atom stereocenters. The highest BCUT2D eigenvalue weighted by atomic mass is 79.9. The van der Waals surface area contributed by atoms with Gasteiger partial charge < -0.3 is 4.74 Å². The van der Waals surface area contributed by atoms with Crippen LogP contribution in [0.3, 0.4) is 0 Å². The van der Waals surface area contributed by atoms with Crippen LogP contribution in [0.2, 0.25) is 0 Å². The van der Waals surface area contributed by atoms with E-state index in [4.69, 9.17) is 4.74 Å². The van der Waals surface area contributed by atoms with Gasteiger partial charge in [-0.15, -0.1) is 0 Å². The largest absolute Gasteiger partial charge is 0.497 e. The van der Waals surface area contributed by atoms with Crippen molar-refractivity contribution < 1.29 is 13.9 Å². The van der Waals surface area contributed by atoms with E-state index in [-0.39, 0.29) is 18.0 Å². The van der Waals surface area contributed by atoms with E-state index < -0.39 is 0 Å². The SMILES string of the molecule is COc1ccc(CCC(=O)Cc2cc(Br)ccc2F)cc1. The van der Waals surface area contributed by atoms with Crippen LogP contribution in [0.15, 0.2) is 46.9 Å². The summed E-state index contributed by atoms with van der Waals surface area (Å²) in [4.78, 5) is 12.0. The molecule has 4 heteroatoms. The van der Waals surface area contributed by atoms with Crippen LogP contribution < -0.4 is 4.74 Å². The number of hydrogen-bond acceptors (Lipinski definition) is 2. The highest BCUT2D eigenvalue weighted by molar-refractivity contribution is 9.10. The number of hydrogen-bond donors (Lipinski definition) is 0. The second-order valence-electron chi connectivity index (χ2n) is 4.80. The number of ether oxygens (including phenoxy) is 1. The smallest absolute Gasteiger partial charge is 0.137 e. The monoisotopic (exact) mass is 350 g/mol. The minimum absolute atomic E-state index is 0.0304. The minimum Gasteiger partial charge on any atom is -0.497 e. The molecule has 2 aromatic carbocycles. The van der Waals surface area contributed by atoms with Crippen LogP contribution in [-0.4, -0.2) is 12.9 Å². The summed E-state index contributed by atoms with van der Waals surface area (Å²) in [5.41, 5.74) is 1.50. The number of ketones is 1. The highest BCUT2D eigenvalue weighted by Gasteiger charge is 2.09. The van der Waals surface area contributed by atoms with E-state index in [0.29, 0.717) is 18.4 Å². The Labute approximate surface area is 132 Å². The molecule has 0 aliphatic carbocycles. The van der Waals surface area contributed by atoms with E-state index in [2.05, 4.69) is 15.9 Å². The van der Waals surface area contributed by atoms with E-state index in [1.54, 1.807) is 19.2 Å². The Kier molecular flexibility index (Phi) is 5.51. The number of Topliss-reactive ketones (excluding diaryl/α,β-unsaturated/α-hetero) is 1. The molecule has 0 amide bonds. The molecule has 0 N–H and O–H groups in total. The lowest BCUT2D eigenvalue weighted by Gasteiger charge is -2.05. The summed E-state index contributed by atoms with van der Waals surface area (Å²) in [6.45, 7) is 0. The number of carbonyl (C=O) groups excluding carboxylic acids is 1. The van der Waals surface area contributed by atoms with Gasteiger partial charge >= 0.3 is 0 Å². The zero-order chi connectivity index (χ0) is 15.2. The van der Waals surface area contributed by atoms with Crippen molar-refractivity contribution >= 4 is 21.7 Å². The fourth-order valence-electron chi connectivity index (χ4n) is 2.06. The van der Waals surface area contributed by atoms with Crippen LogP contribution in [0.1, 0.15) is 17.5 Å². The first-order chi connectivity index (χ1) is 10.1. The molecular weight excluding hydrogens is 335 g/mol. The first-order valence-electron chi connectivity index (χ1n) is 6.67. The maximum atomic E-state index is 13.6. The molecule has 0 spiro atoms. The van der Waals surface area contributed by atoms with Crippen LogP contribution in [0.4, 0.5) is 4.39 Å². The number of aryl methyl sites for hydroxylation is 1. The third-order valence-electron chi connectivity index (χ3n) is 3.25. The zero-order valence-electron chi connectivity index (χ0n) is 11.7. The van der Waals surface area contributed by atoms with Gasteiger partial charge in [0.2, 0.25) is 0 Å². The first kappa shape index (κ1) is 15.7. The third kappa shape index (κ3) is 4.67. The normalized spacial score (nSPS) is 10.4. The molecule has 0 aliphatic heterocycles. The van der Waals surface area contributed by atoms with Gasteiger partial charge in [0.25, 0.3) is 0 Å². The highest BCUT2D eigenvalue weighted by Crippen LogP contribution is 2.17.